The Balaban J connectivity index is 0.000000237. The number of aliphatic imine (C=N–C) groups is 1. The summed E-state index contributed by atoms with van der Waals surface area (Å²) < 4.78 is 90.2. The van der Waals surface area contributed by atoms with E-state index in [2.05, 4.69) is 90.7 Å². The quantitative estimate of drug-likeness (QED) is 0.0253. The molecule has 2 aliphatic heterocycles. The molecule has 4 aromatic rings. The topological polar surface area (TPSA) is 340 Å². The Morgan fingerprint density at radius 3 is 1.58 bits per heavy atom. The molecule has 4 aliphatic carbocycles. The molecule has 2 saturated heterocycles. The Bertz CT molecular complexity index is 3730. The maximum Gasteiger partial charge on any atom is 0.318 e. The highest BCUT2D eigenvalue weighted by molar-refractivity contribution is 9.11. The first-order chi connectivity index (χ1) is 42.7. The van der Waals surface area contributed by atoms with E-state index in [1.807, 2.05) is 39.8 Å². The van der Waals surface area contributed by atoms with Crippen molar-refractivity contribution in [2.45, 2.75) is 151 Å². The fraction of sp³-hybridized carbons (Fsp3) is 0.533. The Kier molecular flexibility index (Phi) is 23.5. The molecular formula is C60H77Br2ClN10O16S2. The Morgan fingerprint density at radius 2 is 1.20 bits per heavy atom. The molecule has 26 nitrogen and oxygen atoms in total. The van der Waals surface area contributed by atoms with Crippen LogP contribution in [0.2, 0.25) is 0 Å². The van der Waals surface area contributed by atoms with Gasteiger partial charge in [-0.2, -0.15) is 0 Å². The van der Waals surface area contributed by atoms with Crippen LogP contribution < -0.4 is 59.1 Å². The number of nitrogens with zero attached hydrogens (tertiary/aromatic N) is 4. The summed E-state index contributed by atoms with van der Waals surface area (Å²) in [6.07, 6.45) is 6.53. The molecule has 4 saturated carbocycles. The number of isocyanates is 1. The number of pyridine rings is 2. The molecule has 0 bridgehead atoms. The van der Waals surface area contributed by atoms with Crippen molar-refractivity contribution in [2.75, 3.05) is 40.5 Å². The van der Waals surface area contributed by atoms with Gasteiger partial charge in [0, 0.05) is 60.2 Å². The number of halogens is 3. The number of likely N-dealkylation sites (tertiary alicyclic amines) is 1. The molecule has 6 N–H and O–H groups in total. The van der Waals surface area contributed by atoms with Crippen LogP contribution in [0, 0.1) is 11.8 Å². The largest absolute Gasteiger partial charge is 0.495 e. The summed E-state index contributed by atoms with van der Waals surface area (Å²) in [6.45, 7) is 19.7. The Hall–Kier alpha value is -6.82. The van der Waals surface area contributed by atoms with Crippen molar-refractivity contribution < 1.29 is 74.0 Å². The summed E-state index contributed by atoms with van der Waals surface area (Å²) in [5, 5.41) is 11.8. The van der Waals surface area contributed by atoms with E-state index >= 15 is 0 Å². The predicted octanol–water partition coefficient (Wildman–Crippen LogP) is 6.35. The summed E-state index contributed by atoms with van der Waals surface area (Å²) >= 11 is 7.10. The lowest BCUT2D eigenvalue weighted by atomic mass is 10.1. The number of benzene rings is 2. The normalized spacial score (nSPS) is 23.7. The summed E-state index contributed by atoms with van der Waals surface area (Å²) in [5.41, 5.74) is -1.62. The van der Waals surface area contributed by atoms with E-state index in [4.69, 9.17) is 28.4 Å². The van der Waals surface area contributed by atoms with E-state index in [0.717, 1.165) is 5.39 Å². The van der Waals surface area contributed by atoms with Crippen molar-refractivity contribution in [3.63, 3.8) is 0 Å². The Morgan fingerprint density at radius 1 is 0.736 bits per heavy atom. The second kappa shape index (κ2) is 29.9. The minimum absolute atomic E-state index is 0. The first-order valence-electron chi connectivity index (χ1n) is 29.5. The van der Waals surface area contributed by atoms with Gasteiger partial charge in [-0.15, -0.1) is 25.6 Å². The van der Waals surface area contributed by atoms with Gasteiger partial charge in [0.15, 0.2) is 0 Å². The van der Waals surface area contributed by atoms with Gasteiger partial charge >= 0.3 is 6.03 Å². The van der Waals surface area contributed by atoms with Crippen LogP contribution in [0.1, 0.15) is 92.9 Å². The zero-order valence-corrected chi connectivity index (χ0v) is 57.2. The van der Waals surface area contributed by atoms with Gasteiger partial charge in [-0.3, -0.25) is 28.6 Å². The lowest BCUT2D eigenvalue weighted by molar-refractivity contribution is -0.131. The van der Waals surface area contributed by atoms with Crippen molar-refractivity contribution in [1.82, 2.24) is 45.6 Å². The average molecular weight is 1450 g/mol. The number of nitrogens with one attached hydrogen (secondary N) is 6. The molecule has 4 heterocycles. The van der Waals surface area contributed by atoms with Crippen LogP contribution in [0.5, 0.6) is 34.8 Å². The van der Waals surface area contributed by atoms with Crippen LogP contribution in [-0.4, -0.2) is 166 Å². The zero-order valence-electron chi connectivity index (χ0n) is 51.6. The number of fused-ring (bicyclic) bond motifs is 2. The van der Waals surface area contributed by atoms with E-state index in [9.17, 15) is 45.6 Å². The zero-order chi connectivity index (χ0) is 65.6. The standard InChI is InChI=1S/C30H38BrN5O8S.C26H31BrN4O7S.C4H7NO.ClH/c1-6-17-14-30(17,28(38)35-45(40,41)19-8-9-19)34-27(37)21-12-18(15-36(21)29(39)32-16(3)4)44-23-13-24(43-7-2)33-26-20(23)10-11-22(42-5)25(26)31;1-4-14-12-26(14,25(33)31-39(34,35)16-6-7-16)30-24(32)18-10-15(13-28-18)38-20-11-21(37-5-2)29-23-17(20)8-9-19(36-3)22(23)27;1-4(2)5-3-6;/h6,10-11,13,16-19,21H,1,7-9,12,14-15H2,2-5H3,(H,32,39)(H,34,37)(H,35,38);4,8-9,11,14-16,18,28H,1,5-7,10,12-13H2,2-3H3,(H,30,32)(H,31,33);4H,1-2H3;1H/t17?,18-,21+,30-;14?,15-,18+,26-;;/m11../s1. The third-order valence-electron chi connectivity index (χ3n) is 15.7. The maximum absolute atomic E-state index is 13.8. The van der Waals surface area contributed by atoms with Gasteiger partial charge in [-0.1, -0.05) is 12.2 Å². The number of carbonyl (C=O) groups is 5. The highest BCUT2D eigenvalue weighted by Gasteiger charge is 2.63. The van der Waals surface area contributed by atoms with Crippen LogP contribution >= 0.6 is 44.3 Å². The average Bonchev–Trinajstić information content (AvgIpc) is 1.61. The minimum Gasteiger partial charge on any atom is -0.495 e. The molecule has 2 aromatic carbocycles. The summed E-state index contributed by atoms with van der Waals surface area (Å²) in [7, 11) is -4.45. The summed E-state index contributed by atoms with van der Waals surface area (Å²) in [6, 6.07) is 8.41. The third kappa shape index (κ3) is 16.7. The van der Waals surface area contributed by atoms with Crippen LogP contribution in [0.15, 0.2) is 75.6 Å². The van der Waals surface area contributed by atoms with Gasteiger partial charge in [0.1, 0.15) is 52.3 Å². The van der Waals surface area contributed by atoms with E-state index in [1.165, 1.54) is 17.1 Å². The maximum atomic E-state index is 13.8. The number of amides is 6. The number of ether oxygens (including phenoxy) is 6. The molecule has 91 heavy (non-hydrogen) atoms. The molecule has 6 amide bonds. The molecule has 2 unspecified atom stereocenters. The number of sulfonamides is 2. The molecule has 31 heteroatoms. The van der Waals surface area contributed by atoms with Crippen molar-refractivity contribution in [2.24, 2.45) is 16.8 Å². The number of rotatable bonds is 24. The van der Waals surface area contributed by atoms with Crippen molar-refractivity contribution in [3.8, 4) is 34.8 Å². The second-order valence-electron chi connectivity index (χ2n) is 23.1. The Labute approximate surface area is 551 Å². The highest BCUT2D eigenvalue weighted by atomic mass is 79.9. The van der Waals surface area contributed by atoms with Gasteiger partial charge in [-0.05, 0) is 136 Å². The first-order valence-corrected chi connectivity index (χ1v) is 34.2. The number of carbonyl (C=O) groups excluding carboxylic acids is 6. The van der Waals surface area contributed by atoms with Gasteiger partial charge in [-0.25, -0.2) is 41.4 Å². The molecule has 496 valence electrons. The van der Waals surface area contributed by atoms with E-state index in [0.29, 0.717) is 118 Å². The van der Waals surface area contributed by atoms with Gasteiger partial charge in [0.05, 0.1) is 76.5 Å². The van der Waals surface area contributed by atoms with Crippen LogP contribution in [-0.2, 0) is 44.0 Å². The lowest BCUT2D eigenvalue weighted by Gasteiger charge is -2.27. The molecule has 10 rings (SSSR count). The monoisotopic (exact) mass is 1450 g/mol. The SMILES string of the molecule is C=CC1C[C@]1(NC(=O)[C@@H]1C[C@@H](Oc2cc(OCC)nc3c(Br)c(OC)ccc23)CN1)C(=O)NS(=O)(=O)C1CC1.C=CC1C[C@]1(NC(=O)[C@@H]1C[C@@H](Oc2cc(OCC)nc3c(Br)c(OC)ccc23)CN1C(=O)NC(C)C)C(=O)NS(=O)(=O)C1CC1.CC(C)N=C=O.Cl. The number of methoxy groups -OCH3 is 2. The molecule has 6 fully saturated rings. The van der Waals surface area contributed by atoms with Crippen molar-refractivity contribution >= 4 is 122 Å². The molecule has 2 aromatic heterocycles. The summed E-state index contributed by atoms with van der Waals surface area (Å²) in [4.78, 5) is 89.7. The van der Waals surface area contributed by atoms with Crippen molar-refractivity contribution in [1.29, 1.82) is 0 Å². The molecule has 8 atom stereocenters. The van der Waals surface area contributed by atoms with E-state index < -0.39 is 95.4 Å². The van der Waals surface area contributed by atoms with Gasteiger partial charge < -0.3 is 54.6 Å². The molecule has 0 radical (unpaired) electrons. The first kappa shape index (κ1) is 71.6. The second-order valence-corrected chi connectivity index (χ2v) is 28.6. The van der Waals surface area contributed by atoms with Crippen molar-refractivity contribution in [3.05, 3.63) is 70.7 Å². The fourth-order valence-electron chi connectivity index (χ4n) is 10.5. The molecule has 6 aliphatic rings. The highest BCUT2D eigenvalue weighted by Crippen LogP contribution is 2.47. The number of urea groups is 1. The smallest absolute Gasteiger partial charge is 0.318 e. The number of hydrogen-bond donors (Lipinski definition) is 6. The number of aromatic nitrogens is 2. The van der Waals surface area contributed by atoms with Crippen LogP contribution in [0.25, 0.3) is 21.8 Å². The van der Waals surface area contributed by atoms with Gasteiger partial charge in [0.25, 0.3) is 11.8 Å². The molecular weight excluding hydrogens is 1380 g/mol. The van der Waals surface area contributed by atoms with Crippen LogP contribution in [0.3, 0.4) is 0 Å². The predicted molar refractivity (Wildman–Crippen MR) is 347 cm³/mol. The third-order valence-corrected chi connectivity index (χ3v) is 20.9. The molecule has 0 spiro atoms. The van der Waals surface area contributed by atoms with E-state index in [-0.39, 0.29) is 55.9 Å². The van der Waals surface area contributed by atoms with E-state index in [1.54, 1.807) is 58.4 Å². The van der Waals surface area contributed by atoms with Crippen LogP contribution in [0.4, 0.5) is 4.79 Å². The fourth-order valence-corrected chi connectivity index (χ4v) is 14.4. The number of hydrogen-bond acceptors (Lipinski definition) is 20. The minimum atomic E-state index is -3.84. The lowest BCUT2D eigenvalue weighted by Crippen LogP contribution is -2.57. The summed E-state index contributed by atoms with van der Waals surface area (Å²) in [5.74, 6) is -0.405. The van der Waals surface area contributed by atoms with Gasteiger partial charge in [0.2, 0.25) is 49.7 Å².